The van der Waals surface area contributed by atoms with E-state index in [0.717, 1.165) is 10.0 Å². The molecule has 116 valence electrons. The van der Waals surface area contributed by atoms with E-state index >= 15 is 0 Å². The zero-order chi connectivity index (χ0) is 16.1. The fourth-order valence-corrected chi connectivity index (χ4v) is 2.53. The van der Waals surface area contributed by atoms with E-state index < -0.39 is 0 Å². The maximum atomic E-state index is 12.4. The van der Waals surface area contributed by atoms with Crippen LogP contribution in [0, 0.1) is 0 Å². The first-order chi connectivity index (χ1) is 10.5. The molecule has 1 N–H and O–H groups in total. The molecule has 0 bridgehead atoms. The summed E-state index contributed by atoms with van der Waals surface area (Å²) in [5, 5.41) is 2.97. The average Bonchev–Trinajstić information content (AvgIpc) is 2.54. The van der Waals surface area contributed by atoms with Gasteiger partial charge in [0.1, 0.15) is 0 Å². The summed E-state index contributed by atoms with van der Waals surface area (Å²) >= 11 is 3.43. The molecule has 0 heterocycles. The van der Waals surface area contributed by atoms with Gasteiger partial charge < -0.3 is 14.8 Å². The topological polar surface area (TPSA) is 47.6 Å². The second-order valence-electron chi connectivity index (χ2n) is 4.82. The molecule has 0 aliphatic heterocycles. The van der Waals surface area contributed by atoms with Crippen molar-refractivity contribution in [1.82, 2.24) is 5.32 Å². The Kier molecular flexibility index (Phi) is 5.44. The van der Waals surface area contributed by atoms with Crippen molar-refractivity contribution in [3.63, 3.8) is 0 Å². The fourth-order valence-electron chi connectivity index (χ4n) is 2.12. The van der Waals surface area contributed by atoms with Crippen LogP contribution in [0.2, 0.25) is 0 Å². The summed E-state index contributed by atoms with van der Waals surface area (Å²) in [6, 6.07) is 12.9. The number of hydrogen-bond acceptors (Lipinski definition) is 3. The number of ether oxygens (including phenoxy) is 2. The highest BCUT2D eigenvalue weighted by molar-refractivity contribution is 9.10. The minimum atomic E-state index is -0.159. The molecule has 1 amide bonds. The SMILES string of the molecule is COc1ccc(C(=O)NC(C)c2cccc(Br)c2)cc1OC. The lowest BCUT2D eigenvalue weighted by Gasteiger charge is -2.15. The molecule has 22 heavy (non-hydrogen) atoms. The Morgan fingerprint density at radius 3 is 2.45 bits per heavy atom. The summed E-state index contributed by atoms with van der Waals surface area (Å²) < 4.78 is 11.4. The number of methoxy groups -OCH3 is 2. The molecule has 4 nitrogen and oxygen atoms in total. The molecule has 0 aliphatic carbocycles. The first kappa shape index (κ1) is 16.4. The lowest BCUT2D eigenvalue weighted by molar-refractivity contribution is 0.0939. The smallest absolute Gasteiger partial charge is 0.251 e. The van der Waals surface area contributed by atoms with Crippen molar-refractivity contribution in [2.24, 2.45) is 0 Å². The van der Waals surface area contributed by atoms with Crippen molar-refractivity contribution >= 4 is 21.8 Å². The summed E-state index contributed by atoms with van der Waals surface area (Å²) in [7, 11) is 3.11. The van der Waals surface area contributed by atoms with Crippen LogP contribution in [0.5, 0.6) is 11.5 Å². The molecule has 0 radical (unpaired) electrons. The highest BCUT2D eigenvalue weighted by Gasteiger charge is 2.14. The van der Waals surface area contributed by atoms with E-state index in [1.165, 1.54) is 0 Å². The van der Waals surface area contributed by atoms with Crippen molar-refractivity contribution in [3.05, 3.63) is 58.1 Å². The van der Waals surface area contributed by atoms with E-state index in [9.17, 15) is 4.79 Å². The van der Waals surface area contributed by atoms with E-state index in [2.05, 4.69) is 21.2 Å². The number of rotatable bonds is 5. The standard InChI is InChI=1S/C17H18BrNO3/c1-11(12-5-4-6-14(18)9-12)19-17(20)13-7-8-15(21-2)16(10-13)22-3/h4-11H,1-3H3,(H,19,20). The van der Waals surface area contributed by atoms with E-state index in [1.54, 1.807) is 32.4 Å². The van der Waals surface area contributed by atoms with Crippen LogP contribution >= 0.6 is 15.9 Å². The number of benzene rings is 2. The summed E-state index contributed by atoms with van der Waals surface area (Å²) in [5.74, 6) is 0.970. The van der Waals surface area contributed by atoms with Gasteiger partial charge in [-0.2, -0.15) is 0 Å². The number of hydrogen-bond donors (Lipinski definition) is 1. The van der Waals surface area contributed by atoms with Crippen molar-refractivity contribution in [1.29, 1.82) is 0 Å². The molecular formula is C17H18BrNO3. The van der Waals surface area contributed by atoms with Crippen LogP contribution in [-0.4, -0.2) is 20.1 Å². The average molecular weight is 364 g/mol. The van der Waals surface area contributed by atoms with E-state index in [-0.39, 0.29) is 11.9 Å². The number of carbonyl (C=O) groups excluding carboxylic acids is 1. The van der Waals surface area contributed by atoms with Gasteiger partial charge >= 0.3 is 0 Å². The van der Waals surface area contributed by atoms with Crippen molar-refractivity contribution in [3.8, 4) is 11.5 Å². The molecule has 0 spiro atoms. The lowest BCUT2D eigenvalue weighted by atomic mass is 10.1. The van der Waals surface area contributed by atoms with Crippen molar-refractivity contribution in [2.45, 2.75) is 13.0 Å². The summed E-state index contributed by atoms with van der Waals surface area (Å²) in [6.07, 6.45) is 0. The number of halogens is 1. The van der Waals surface area contributed by atoms with Crippen LogP contribution in [0.3, 0.4) is 0 Å². The molecule has 0 saturated heterocycles. The Bertz CT molecular complexity index is 673. The van der Waals surface area contributed by atoms with Crippen molar-refractivity contribution < 1.29 is 14.3 Å². The Labute approximate surface area is 138 Å². The molecule has 1 unspecified atom stereocenters. The van der Waals surface area contributed by atoms with Crippen LogP contribution in [0.1, 0.15) is 28.9 Å². The van der Waals surface area contributed by atoms with Gasteiger partial charge in [-0.05, 0) is 42.8 Å². The third-order valence-electron chi connectivity index (χ3n) is 3.34. The Hall–Kier alpha value is -2.01. The predicted molar refractivity (Wildman–Crippen MR) is 89.6 cm³/mol. The zero-order valence-corrected chi connectivity index (χ0v) is 14.3. The van der Waals surface area contributed by atoms with E-state index in [1.807, 2.05) is 31.2 Å². The van der Waals surface area contributed by atoms with Gasteiger partial charge in [-0.25, -0.2) is 0 Å². The van der Waals surface area contributed by atoms with Gasteiger partial charge in [0.05, 0.1) is 20.3 Å². The molecular weight excluding hydrogens is 346 g/mol. The molecule has 5 heteroatoms. The second-order valence-corrected chi connectivity index (χ2v) is 5.74. The van der Waals surface area contributed by atoms with Gasteiger partial charge in [-0.3, -0.25) is 4.79 Å². The van der Waals surface area contributed by atoms with Gasteiger partial charge in [-0.15, -0.1) is 0 Å². The molecule has 2 aromatic carbocycles. The number of carbonyl (C=O) groups is 1. The van der Waals surface area contributed by atoms with Gasteiger partial charge in [0, 0.05) is 10.0 Å². The highest BCUT2D eigenvalue weighted by Crippen LogP contribution is 2.27. The quantitative estimate of drug-likeness (QED) is 0.874. The maximum Gasteiger partial charge on any atom is 0.251 e. The van der Waals surface area contributed by atoms with Crippen LogP contribution in [0.4, 0.5) is 0 Å². The summed E-state index contributed by atoms with van der Waals surface area (Å²) in [4.78, 5) is 12.4. The van der Waals surface area contributed by atoms with Gasteiger partial charge in [-0.1, -0.05) is 28.1 Å². The number of nitrogens with one attached hydrogen (secondary N) is 1. The molecule has 2 rings (SSSR count). The maximum absolute atomic E-state index is 12.4. The van der Waals surface area contributed by atoms with E-state index in [0.29, 0.717) is 17.1 Å². The lowest BCUT2D eigenvalue weighted by Crippen LogP contribution is -2.26. The normalized spacial score (nSPS) is 11.6. The largest absolute Gasteiger partial charge is 0.493 e. The molecule has 0 saturated carbocycles. The zero-order valence-electron chi connectivity index (χ0n) is 12.7. The van der Waals surface area contributed by atoms with Crippen molar-refractivity contribution in [2.75, 3.05) is 14.2 Å². The van der Waals surface area contributed by atoms with Crippen LogP contribution < -0.4 is 14.8 Å². The Morgan fingerprint density at radius 1 is 1.09 bits per heavy atom. The minimum absolute atomic E-state index is 0.0990. The summed E-state index contributed by atoms with van der Waals surface area (Å²) in [5.41, 5.74) is 1.56. The summed E-state index contributed by atoms with van der Waals surface area (Å²) in [6.45, 7) is 1.94. The number of amides is 1. The second kappa shape index (κ2) is 7.31. The van der Waals surface area contributed by atoms with Crippen LogP contribution in [0.25, 0.3) is 0 Å². The highest BCUT2D eigenvalue weighted by atomic mass is 79.9. The molecule has 0 aromatic heterocycles. The van der Waals surface area contributed by atoms with Gasteiger partial charge in [0.2, 0.25) is 0 Å². The first-order valence-corrected chi connectivity index (χ1v) is 7.62. The third-order valence-corrected chi connectivity index (χ3v) is 3.84. The van der Waals surface area contributed by atoms with Crippen LogP contribution in [-0.2, 0) is 0 Å². The fraction of sp³-hybridized carbons (Fsp3) is 0.235. The Balaban J connectivity index is 2.15. The van der Waals surface area contributed by atoms with Crippen LogP contribution in [0.15, 0.2) is 46.9 Å². The molecule has 2 aromatic rings. The monoisotopic (exact) mass is 363 g/mol. The molecule has 0 aliphatic rings. The minimum Gasteiger partial charge on any atom is -0.493 e. The third kappa shape index (κ3) is 3.80. The van der Waals surface area contributed by atoms with E-state index in [4.69, 9.17) is 9.47 Å². The van der Waals surface area contributed by atoms with Gasteiger partial charge in [0.15, 0.2) is 11.5 Å². The van der Waals surface area contributed by atoms with Gasteiger partial charge in [0.25, 0.3) is 5.91 Å². The molecule has 0 fully saturated rings. The first-order valence-electron chi connectivity index (χ1n) is 6.83. The molecule has 1 atom stereocenters. The Morgan fingerprint density at radius 2 is 1.82 bits per heavy atom. The predicted octanol–water partition coefficient (Wildman–Crippen LogP) is 3.96.